The molecule has 0 amide bonds. The summed E-state index contributed by atoms with van der Waals surface area (Å²) in [7, 11) is 0. The Morgan fingerprint density at radius 3 is 2.08 bits per heavy atom. The SMILES string of the molecule is C=C/C=C(/C)C=C.NCC(=O)O. The van der Waals surface area contributed by atoms with Gasteiger partial charge in [0.15, 0.2) is 0 Å². The van der Waals surface area contributed by atoms with Gasteiger partial charge in [0.05, 0.1) is 6.54 Å². The second-order valence-electron chi connectivity index (χ2n) is 1.95. The number of hydrogen-bond donors (Lipinski definition) is 2. The third-order valence-corrected chi connectivity index (χ3v) is 0.877. The van der Waals surface area contributed by atoms with Crippen molar-refractivity contribution in [2.24, 2.45) is 5.73 Å². The molecule has 3 nitrogen and oxygen atoms in total. The normalized spacial score (nSPS) is 9.33. The molecule has 0 aliphatic carbocycles. The summed E-state index contributed by atoms with van der Waals surface area (Å²) < 4.78 is 0. The fourth-order valence-electron chi connectivity index (χ4n) is 0.254. The van der Waals surface area contributed by atoms with E-state index in [0.717, 1.165) is 5.57 Å². The van der Waals surface area contributed by atoms with E-state index in [4.69, 9.17) is 5.11 Å². The summed E-state index contributed by atoms with van der Waals surface area (Å²) in [6.07, 6.45) is 5.45. The van der Waals surface area contributed by atoms with Gasteiger partial charge in [-0.05, 0) is 6.92 Å². The Hall–Kier alpha value is -1.35. The lowest BCUT2D eigenvalue weighted by atomic mass is 10.3. The molecule has 0 radical (unpaired) electrons. The Morgan fingerprint density at radius 1 is 1.58 bits per heavy atom. The van der Waals surface area contributed by atoms with Gasteiger partial charge in [-0.1, -0.05) is 37.0 Å². The number of hydrogen-bond acceptors (Lipinski definition) is 2. The van der Waals surface area contributed by atoms with Gasteiger partial charge >= 0.3 is 5.97 Å². The van der Waals surface area contributed by atoms with E-state index in [1.165, 1.54) is 0 Å². The molecule has 0 rings (SSSR count). The van der Waals surface area contributed by atoms with E-state index in [9.17, 15) is 4.79 Å². The number of carbonyl (C=O) groups is 1. The van der Waals surface area contributed by atoms with Crippen molar-refractivity contribution in [3.63, 3.8) is 0 Å². The zero-order chi connectivity index (χ0) is 9.98. The predicted molar refractivity (Wildman–Crippen MR) is 50.8 cm³/mol. The van der Waals surface area contributed by atoms with E-state index in [0.29, 0.717) is 0 Å². The van der Waals surface area contributed by atoms with Gasteiger partial charge in [0.2, 0.25) is 0 Å². The Kier molecular flexibility index (Phi) is 10.7. The minimum Gasteiger partial charge on any atom is -0.480 e. The van der Waals surface area contributed by atoms with Gasteiger partial charge in [0.1, 0.15) is 0 Å². The highest BCUT2D eigenvalue weighted by Gasteiger charge is 1.81. The Morgan fingerprint density at radius 2 is 2.00 bits per heavy atom. The summed E-state index contributed by atoms with van der Waals surface area (Å²) in [4.78, 5) is 9.24. The molecule has 0 fully saturated rings. The fourth-order valence-corrected chi connectivity index (χ4v) is 0.254. The van der Waals surface area contributed by atoms with Crippen LogP contribution in [0.5, 0.6) is 0 Å². The highest BCUT2D eigenvalue weighted by molar-refractivity contribution is 5.68. The first kappa shape index (κ1) is 13.3. The van der Waals surface area contributed by atoms with Crippen molar-refractivity contribution in [3.05, 3.63) is 37.0 Å². The van der Waals surface area contributed by atoms with Crippen molar-refractivity contribution in [2.75, 3.05) is 6.54 Å². The van der Waals surface area contributed by atoms with Crippen molar-refractivity contribution in [2.45, 2.75) is 6.92 Å². The number of carboxylic acids is 1. The quantitative estimate of drug-likeness (QED) is 0.626. The molecule has 12 heavy (non-hydrogen) atoms. The van der Waals surface area contributed by atoms with Crippen LogP contribution in [0.15, 0.2) is 37.0 Å². The summed E-state index contributed by atoms with van der Waals surface area (Å²) in [5, 5.41) is 7.60. The minimum atomic E-state index is -0.968. The maximum Gasteiger partial charge on any atom is 0.317 e. The topological polar surface area (TPSA) is 63.3 Å². The van der Waals surface area contributed by atoms with Crippen LogP contribution in [0.25, 0.3) is 0 Å². The summed E-state index contributed by atoms with van der Waals surface area (Å²) >= 11 is 0. The maximum atomic E-state index is 9.24. The Bertz CT molecular complexity index is 183. The zero-order valence-electron chi connectivity index (χ0n) is 7.29. The lowest BCUT2D eigenvalue weighted by molar-refractivity contribution is -0.135. The molecule has 0 aromatic carbocycles. The van der Waals surface area contributed by atoms with Gasteiger partial charge in [-0.2, -0.15) is 0 Å². The highest BCUT2D eigenvalue weighted by atomic mass is 16.4. The van der Waals surface area contributed by atoms with Crippen molar-refractivity contribution in [1.82, 2.24) is 0 Å². The van der Waals surface area contributed by atoms with Crippen molar-refractivity contribution in [1.29, 1.82) is 0 Å². The molecule has 3 N–H and O–H groups in total. The van der Waals surface area contributed by atoms with E-state index in [-0.39, 0.29) is 6.54 Å². The molecule has 0 saturated carbocycles. The number of aliphatic carboxylic acids is 1. The third kappa shape index (κ3) is 15.9. The first-order valence-corrected chi connectivity index (χ1v) is 3.42. The van der Waals surface area contributed by atoms with Crippen molar-refractivity contribution in [3.8, 4) is 0 Å². The molecule has 68 valence electrons. The van der Waals surface area contributed by atoms with Crippen LogP contribution in [0.2, 0.25) is 0 Å². The van der Waals surface area contributed by atoms with Gasteiger partial charge in [-0.3, -0.25) is 4.79 Å². The second kappa shape index (κ2) is 9.65. The number of rotatable bonds is 3. The average molecular weight is 169 g/mol. The molecule has 0 aromatic rings. The van der Waals surface area contributed by atoms with Gasteiger partial charge in [-0.15, -0.1) is 0 Å². The molecular formula is C9H15NO2. The van der Waals surface area contributed by atoms with Crippen LogP contribution in [0.3, 0.4) is 0 Å². The molecule has 0 unspecified atom stereocenters. The van der Waals surface area contributed by atoms with Crippen LogP contribution < -0.4 is 5.73 Å². The molecular weight excluding hydrogens is 154 g/mol. The molecule has 0 saturated heterocycles. The van der Waals surface area contributed by atoms with E-state index >= 15 is 0 Å². The average Bonchev–Trinajstić information content (AvgIpc) is 2.06. The molecule has 0 spiro atoms. The molecule has 0 bridgehead atoms. The summed E-state index contributed by atoms with van der Waals surface area (Å²) in [5.41, 5.74) is 5.72. The van der Waals surface area contributed by atoms with Crippen molar-refractivity contribution >= 4 is 5.97 Å². The van der Waals surface area contributed by atoms with Crippen LogP contribution >= 0.6 is 0 Å². The summed E-state index contributed by atoms with van der Waals surface area (Å²) in [6.45, 7) is 8.79. The van der Waals surface area contributed by atoms with E-state index in [1.54, 1.807) is 12.2 Å². The van der Waals surface area contributed by atoms with Crippen LogP contribution in [-0.4, -0.2) is 17.6 Å². The van der Waals surface area contributed by atoms with E-state index in [1.807, 2.05) is 13.0 Å². The van der Waals surface area contributed by atoms with Gasteiger partial charge in [0, 0.05) is 0 Å². The fraction of sp³-hybridized carbons (Fsp3) is 0.222. The zero-order valence-corrected chi connectivity index (χ0v) is 7.29. The molecule has 0 aliphatic heterocycles. The predicted octanol–water partition coefficient (Wildman–Crippen LogP) is 1.33. The Balaban J connectivity index is 0. The second-order valence-corrected chi connectivity index (χ2v) is 1.95. The van der Waals surface area contributed by atoms with Crippen LogP contribution in [-0.2, 0) is 4.79 Å². The molecule has 0 aliphatic rings. The van der Waals surface area contributed by atoms with Gasteiger partial charge < -0.3 is 10.8 Å². The molecule has 0 heterocycles. The first-order valence-electron chi connectivity index (χ1n) is 3.42. The van der Waals surface area contributed by atoms with Gasteiger partial charge in [0.25, 0.3) is 0 Å². The largest absolute Gasteiger partial charge is 0.480 e. The number of allylic oxidation sites excluding steroid dienone is 4. The van der Waals surface area contributed by atoms with Crippen LogP contribution in [0, 0.1) is 0 Å². The Labute approximate surface area is 72.9 Å². The molecule has 3 heteroatoms. The van der Waals surface area contributed by atoms with Gasteiger partial charge in [-0.25, -0.2) is 0 Å². The lowest BCUT2D eigenvalue weighted by Crippen LogP contribution is -2.10. The minimum absolute atomic E-state index is 0.278. The summed E-state index contributed by atoms with van der Waals surface area (Å²) in [5.74, 6) is -0.968. The lowest BCUT2D eigenvalue weighted by Gasteiger charge is -1.80. The number of carboxylic acid groups (broad SMARTS) is 1. The van der Waals surface area contributed by atoms with Crippen LogP contribution in [0.4, 0.5) is 0 Å². The third-order valence-electron chi connectivity index (χ3n) is 0.877. The maximum absolute atomic E-state index is 9.24. The molecule has 0 aromatic heterocycles. The van der Waals surface area contributed by atoms with Crippen molar-refractivity contribution < 1.29 is 9.90 Å². The monoisotopic (exact) mass is 169 g/mol. The number of nitrogens with two attached hydrogens (primary N) is 1. The summed E-state index contributed by atoms with van der Waals surface area (Å²) in [6, 6.07) is 0. The van der Waals surface area contributed by atoms with E-state index in [2.05, 4.69) is 18.9 Å². The molecule has 0 atom stereocenters. The van der Waals surface area contributed by atoms with E-state index < -0.39 is 5.97 Å². The highest BCUT2D eigenvalue weighted by Crippen LogP contribution is 1.90. The first-order chi connectivity index (χ1) is 5.58. The van der Waals surface area contributed by atoms with Crippen LogP contribution in [0.1, 0.15) is 6.92 Å². The standard InChI is InChI=1S/C7H10.C2H5NO2/c1-4-6-7(3)5-2;3-1-2(4)5/h4-6H,1-2H2,3H3;1,3H2,(H,4,5)/b7-6-;. The smallest absolute Gasteiger partial charge is 0.317 e.